The SMILES string of the molecule is [C-]#[N+]/C(C#N)=C1/CC(=O)c2cc3c(C)ccc(C)c3cc21. The summed E-state index contributed by atoms with van der Waals surface area (Å²) in [5.74, 6) is -0.0146. The highest BCUT2D eigenvalue weighted by molar-refractivity contribution is 6.15. The molecule has 3 nitrogen and oxygen atoms in total. The molecule has 2 aromatic carbocycles. The highest BCUT2D eigenvalue weighted by Gasteiger charge is 2.27. The van der Waals surface area contributed by atoms with Crippen molar-refractivity contribution >= 4 is 22.1 Å². The first-order valence-corrected chi connectivity index (χ1v) is 6.65. The Hall–Kier alpha value is -2.91. The maximum Gasteiger partial charge on any atom is 0.266 e. The second-order valence-corrected chi connectivity index (χ2v) is 5.29. The van der Waals surface area contributed by atoms with Crippen molar-refractivity contribution in [3.8, 4) is 6.07 Å². The van der Waals surface area contributed by atoms with Crippen molar-refractivity contribution in [2.75, 3.05) is 0 Å². The smallest absolute Gasteiger partial charge is 0.266 e. The van der Waals surface area contributed by atoms with Gasteiger partial charge in [-0.05, 0) is 59.0 Å². The van der Waals surface area contributed by atoms with Crippen LogP contribution in [0.2, 0.25) is 0 Å². The number of hydrogen-bond donors (Lipinski definition) is 0. The molecule has 1 aliphatic carbocycles. The zero-order chi connectivity index (χ0) is 15.1. The van der Waals surface area contributed by atoms with E-state index in [1.54, 1.807) is 0 Å². The molecule has 0 unspecified atom stereocenters. The Morgan fingerprint density at radius 2 is 1.76 bits per heavy atom. The number of carbonyl (C=O) groups is 1. The van der Waals surface area contributed by atoms with Crippen LogP contribution < -0.4 is 0 Å². The summed E-state index contributed by atoms with van der Waals surface area (Å²) < 4.78 is 0. The summed E-state index contributed by atoms with van der Waals surface area (Å²) in [7, 11) is 0. The highest BCUT2D eigenvalue weighted by Crippen LogP contribution is 2.38. The van der Waals surface area contributed by atoms with Gasteiger partial charge in [0.05, 0.1) is 12.6 Å². The molecule has 100 valence electrons. The summed E-state index contributed by atoms with van der Waals surface area (Å²) in [6.45, 7) is 11.1. The van der Waals surface area contributed by atoms with E-state index in [1.807, 2.05) is 44.2 Å². The number of allylic oxidation sites excluding steroid dienone is 2. The Labute approximate surface area is 122 Å². The molecule has 21 heavy (non-hydrogen) atoms. The number of benzene rings is 2. The van der Waals surface area contributed by atoms with Gasteiger partial charge in [0.15, 0.2) is 5.78 Å². The molecule has 0 aliphatic heterocycles. The minimum atomic E-state index is -0.0146. The molecule has 3 rings (SSSR count). The molecule has 0 bridgehead atoms. The Balaban J connectivity index is 2.44. The lowest BCUT2D eigenvalue weighted by atomic mass is 9.95. The highest BCUT2D eigenvalue weighted by atomic mass is 16.1. The molecule has 0 fully saturated rings. The van der Waals surface area contributed by atoms with E-state index in [0.717, 1.165) is 27.5 Å². The average Bonchev–Trinajstić information content (AvgIpc) is 2.80. The topological polar surface area (TPSA) is 45.2 Å². The van der Waals surface area contributed by atoms with E-state index >= 15 is 0 Å². The molecule has 0 heterocycles. The molecule has 0 spiro atoms. The van der Waals surface area contributed by atoms with Gasteiger partial charge in [-0.15, -0.1) is 0 Å². The lowest BCUT2D eigenvalue weighted by molar-refractivity contribution is 0.100. The van der Waals surface area contributed by atoms with E-state index in [1.165, 1.54) is 0 Å². The van der Waals surface area contributed by atoms with Gasteiger partial charge < -0.3 is 0 Å². The first kappa shape index (κ1) is 13.1. The van der Waals surface area contributed by atoms with Crippen molar-refractivity contribution in [2.45, 2.75) is 20.3 Å². The van der Waals surface area contributed by atoms with E-state index in [4.69, 9.17) is 11.8 Å². The lowest BCUT2D eigenvalue weighted by Crippen LogP contribution is -1.93. The second kappa shape index (κ2) is 4.58. The number of nitriles is 1. The van der Waals surface area contributed by atoms with Crippen LogP contribution >= 0.6 is 0 Å². The molecule has 0 radical (unpaired) electrons. The van der Waals surface area contributed by atoms with Gasteiger partial charge in [0, 0.05) is 12.0 Å². The lowest BCUT2D eigenvalue weighted by Gasteiger charge is -2.09. The van der Waals surface area contributed by atoms with Crippen LogP contribution in [0.15, 0.2) is 30.0 Å². The monoisotopic (exact) mass is 272 g/mol. The van der Waals surface area contributed by atoms with Gasteiger partial charge in [-0.2, -0.15) is 0 Å². The fourth-order valence-electron chi connectivity index (χ4n) is 2.88. The van der Waals surface area contributed by atoms with Crippen LogP contribution in [0.25, 0.3) is 21.2 Å². The van der Waals surface area contributed by atoms with Crippen molar-refractivity contribution in [3.63, 3.8) is 0 Å². The maximum atomic E-state index is 12.2. The normalized spacial score (nSPS) is 15.5. The predicted molar refractivity (Wildman–Crippen MR) is 81.5 cm³/mol. The van der Waals surface area contributed by atoms with Crippen molar-refractivity contribution in [1.82, 2.24) is 0 Å². The van der Waals surface area contributed by atoms with E-state index in [2.05, 4.69) is 4.85 Å². The van der Waals surface area contributed by atoms with E-state index in [0.29, 0.717) is 11.1 Å². The fourth-order valence-corrected chi connectivity index (χ4v) is 2.88. The molecule has 1 aliphatic rings. The molecule has 0 N–H and O–H groups in total. The van der Waals surface area contributed by atoms with Crippen LogP contribution in [-0.4, -0.2) is 5.78 Å². The zero-order valence-electron chi connectivity index (χ0n) is 11.8. The Bertz CT molecular complexity index is 905. The predicted octanol–water partition coefficient (Wildman–Crippen LogP) is 4.20. The van der Waals surface area contributed by atoms with Crippen molar-refractivity contribution < 1.29 is 4.79 Å². The van der Waals surface area contributed by atoms with Crippen molar-refractivity contribution in [3.05, 3.63) is 63.6 Å². The fraction of sp³-hybridized carbons (Fsp3) is 0.167. The van der Waals surface area contributed by atoms with Crippen LogP contribution in [0.4, 0.5) is 0 Å². The molecule has 0 saturated carbocycles. The number of ketones is 1. The third kappa shape index (κ3) is 1.83. The van der Waals surface area contributed by atoms with E-state index in [9.17, 15) is 4.79 Å². The van der Waals surface area contributed by atoms with Crippen LogP contribution in [-0.2, 0) is 0 Å². The van der Waals surface area contributed by atoms with Crippen LogP contribution in [0, 0.1) is 31.8 Å². The summed E-state index contributed by atoms with van der Waals surface area (Å²) in [6.07, 6.45) is 0.148. The maximum absolute atomic E-state index is 12.2. The van der Waals surface area contributed by atoms with Gasteiger partial charge in [0.1, 0.15) is 0 Å². The second-order valence-electron chi connectivity index (χ2n) is 5.29. The van der Waals surface area contributed by atoms with E-state index < -0.39 is 0 Å². The number of aryl methyl sites for hydroxylation is 2. The van der Waals surface area contributed by atoms with Crippen molar-refractivity contribution in [1.29, 1.82) is 5.26 Å². The Morgan fingerprint density at radius 3 is 2.29 bits per heavy atom. The average molecular weight is 272 g/mol. The first-order chi connectivity index (χ1) is 10.1. The standard InChI is InChI=1S/C18H12N2O/c1-10-4-5-11(2)13-7-16-14(6-12(10)13)15(8-18(16)21)17(9-19)20-3/h4-7H,8H2,1-2H3/b17-15-. The summed E-state index contributed by atoms with van der Waals surface area (Å²) in [5, 5.41) is 11.2. The third-order valence-corrected chi connectivity index (χ3v) is 4.06. The van der Waals surface area contributed by atoms with Crippen LogP contribution in [0.5, 0.6) is 0 Å². The van der Waals surface area contributed by atoms with Crippen LogP contribution in [0.1, 0.15) is 33.5 Å². The van der Waals surface area contributed by atoms with Gasteiger partial charge in [0.25, 0.3) is 5.70 Å². The number of nitrogens with zero attached hydrogens (tertiary/aromatic N) is 2. The van der Waals surface area contributed by atoms with Gasteiger partial charge in [-0.1, -0.05) is 12.1 Å². The first-order valence-electron chi connectivity index (χ1n) is 6.65. The van der Waals surface area contributed by atoms with Crippen LogP contribution in [0.3, 0.4) is 0 Å². The quantitative estimate of drug-likeness (QED) is 0.533. The number of fused-ring (bicyclic) bond motifs is 2. The molecule has 3 heteroatoms. The number of carbonyl (C=O) groups excluding carboxylic acids is 1. The molecular weight excluding hydrogens is 260 g/mol. The van der Waals surface area contributed by atoms with Gasteiger partial charge >= 0.3 is 0 Å². The van der Waals surface area contributed by atoms with Crippen molar-refractivity contribution in [2.24, 2.45) is 0 Å². The third-order valence-electron chi connectivity index (χ3n) is 4.06. The molecular formula is C18H12N2O. The summed E-state index contributed by atoms with van der Waals surface area (Å²) in [4.78, 5) is 15.5. The summed E-state index contributed by atoms with van der Waals surface area (Å²) in [6, 6.07) is 9.85. The Kier molecular flexibility index (Phi) is 2.85. The Morgan fingerprint density at radius 1 is 1.19 bits per heavy atom. The number of hydrogen-bond acceptors (Lipinski definition) is 2. The largest absolute Gasteiger partial charge is 0.294 e. The minimum absolute atomic E-state index is 0.0146. The number of Topliss-reactive ketones (excluding diaryl/α,β-unsaturated/α-hetero) is 1. The summed E-state index contributed by atoms with van der Waals surface area (Å²) in [5.41, 5.74) is 4.20. The molecule has 0 aromatic heterocycles. The summed E-state index contributed by atoms with van der Waals surface area (Å²) >= 11 is 0. The molecule has 0 saturated heterocycles. The minimum Gasteiger partial charge on any atom is -0.294 e. The molecule has 0 amide bonds. The molecule has 0 atom stereocenters. The van der Waals surface area contributed by atoms with E-state index in [-0.39, 0.29) is 17.9 Å². The molecule has 2 aromatic rings. The van der Waals surface area contributed by atoms with Gasteiger partial charge in [-0.25, -0.2) is 10.1 Å². The number of rotatable bonds is 0. The van der Waals surface area contributed by atoms with Gasteiger partial charge in [-0.3, -0.25) is 4.79 Å². The van der Waals surface area contributed by atoms with Gasteiger partial charge in [0.2, 0.25) is 0 Å². The zero-order valence-corrected chi connectivity index (χ0v) is 11.8.